The highest BCUT2D eigenvalue weighted by Crippen LogP contribution is 2.60. The standard InChI is InChI=1S/C6H8N6O/c1-2-7-5(13)10-4-3-8-12(4)6(10)9-11(3)6/h4,9H,2H2,1H3,(H,7,13). The van der Waals surface area contributed by atoms with Crippen LogP contribution >= 0.6 is 0 Å². The van der Waals surface area contributed by atoms with Crippen molar-refractivity contribution in [1.82, 2.24) is 25.7 Å². The molecule has 4 bridgehead atoms. The molecule has 2 atom stereocenters. The van der Waals surface area contributed by atoms with Gasteiger partial charge in [0, 0.05) is 6.54 Å². The number of nitrogens with zero attached hydrogens (tertiary/aromatic N) is 4. The number of hydrogen-bond acceptors (Lipinski definition) is 5. The molecule has 7 nitrogen and oxygen atoms in total. The van der Waals surface area contributed by atoms with Crippen LogP contribution in [0.25, 0.3) is 0 Å². The molecule has 68 valence electrons. The fourth-order valence-electron chi connectivity index (χ4n) is 2.27. The van der Waals surface area contributed by atoms with Gasteiger partial charge in [0.05, 0.1) is 0 Å². The Kier molecular flexibility index (Phi) is 0.626. The molecule has 0 aromatic rings. The lowest BCUT2D eigenvalue weighted by molar-refractivity contribution is -0.140. The SMILES string of the molecule is CCNC(=O)N1C2C3=NN2C12NN32. The van der Waals surface area contributed by atoms with E-state index in [0.29, 0.717) is 6.54 Å². The van der Waals surface area contributed by atoms with Gasteiger partial charge in [-0.05, 0) is 6.92 Å². The number of rotatable bonds is 1. The Morgan fingerprint density at radius 3 is 3.15 bits per heavy atom. The molecule has 7 heteroatoms. The molecule has 4 rings (SSSR count). The van der Waals surface area contributed by atoms with Crippen LogP contribution in [-0.2, 0) is 0 Å². The van der Waals surface area contributed by atoms with Crippen molar-refractivity contribution in [2.24, 2.45) is 5.10 Å². The van der Waals surface area contributed by atoms with Gasteiger partial charge >= 0.3 is 11.9 Å². The van der Waals surface area contributed by atoms with Crippen molar-refractivity contribution in [3.05, 3.63) is 0 Å². The van der Waals surface area contributed by atoms with Crippen molar-refractivity contribution in [2.75, 3.05) is 6.54 Å². The molecule has 4 heterocycles. The molecule has 1 spiro atoms. The molecule has 0 saturated carbocycles. The molecule has 0 radical (unpaired) electrons. The average Bonchev–Trinajstić information content (AvgIpc) is 2.58. The van der Waals surface area contributed by atoms with Crippen molar-refractivity contribution >= 4 is 11.9 Å². The van der Waals surface area contributed by atoms with Crippen LogP contribution < -0.4 is 10.7 Å². The lowest BCUT2D eigenvalue weighted by Crippen LogP contribution is -2.78. The van der Waals surface area contributed by atoms with E-state index in [9.17, 15) is 4.79 Å². The lowest BCUT2D eigenvalue weighted by Gasteiger charge is -2.51. The molecule has 4 aliphatic heterocycles. The highest BCUT2D eigenvalue weighted by Gasteiger charge is 2.90. The number of carbonyl (C=O) groups is 1. The van der Waals surface area contributed by atoms with E-state index < -0.39 is 0 Å². The number of hydrazone groups is 1. The van der Waals surface area contributed by atoms with E-state index in [0.717, 1.165) is 5.84 Å². The second-order valence-electron chi connectivity index (χ2n) is 3.46. The van der Waals surface area contributed by atoms with Crippen LogP contribution in [0.1, 0.15) is 6.92 Å². The third-order valence-corrected chi connectivity index (χ3v) is 2.87. The predicted molar refractivity (Wildman–Crippen MR) is 41.7 cm³/mol. The van der Waals surface area contributed by atoms with E-state index in [4.69, 9.17) is 0 Å². The van der Waals surface area contributed by atoms with Crippen LogP contribution in [0.15, 0.2) is 5.10 Å². The normalized spacial score (nSPS) is 40.5. The van der Waals surface area contributed by atoms with Gasteiger partial charge in [-0.1, -0.05) is 0 Å². The summed E-state index contributed by atoms with van der Waals surface area (Å²) in [5.41, 5.74) is 3.09. The maximum atomic E-state index is 11.6. The van der Waals surface area contributed by atoms with Gasteiger partial charge < -0.3 is 5.32 Å². The maximum absolute atomic E-state index is 11.6. The van der Waals surface area contributed by atoms with Gasteiger partial charge in [-0.15, -0.1) is 0 Å². The maximum Gasteiger partial charge on any atom is 0.324 e. The molecule has 2 unspecified atom stereocenters. The summed E-state index contributed by atoms with van der Waals surface area (Å²) in [5.74, 6) is 0.574. The first kappa shape index (κ1) is 6.03. The van der Waals surface area contributed by atoms with Gasteiger partial charge in [0.25, 0.3) is 0 Å². The Morgan fingerprint density at radius 1 is 1.85 bits per heavy atom. The van der Waals surface area contributed by atoms with Crippen LogP contribution in [0.5, 0.6) is 0 Å². The summed E-state index contributed by atoms with van der Waals surface area (Å²) in [6.07, 6.45) is 0.104. The summed E-state index contributed by atoms with van der Waals surface area (Å²) < 4.78 is 0. The molecule has 0 aromatic carbocycles. The minimum absolute atomic E-state index is 0.0244. The van der Waals surface area contributed by atoms with E-state index in [1.165, 1.54) is 0 Å². The Balaban J connectivity index is 1.67. The molecular weight excluding hydrogens is 172 g/mol. The number of amides is 2. The summed E-state index contributed by atoms with van der Waals surface area (Å²) in [5, 5.41) is 10.8. The number of amidine groups is 1. The fraction of sp³-hybridized carbons (Fsp3) is 0.667. The van der Waals surface area contributed by atoms with Gasteiger partial charge in [-0.2, -0.15) is 10.5 Å². The Morgan fingerprint density at radius 2 is 2.69 bits per heavy atom. The van der Waals surface area contributed by atoms with E-state index in [-0.39, 0.29) is 18.1 Å². The van der Waals surface area contributed by atoms with Gasteiger partial charge in [-0.3, -0.25) is 0 Å². The summed E-state index contributed by atoms with van der Waals surface area (Å²) >= 11 is 0. The van der Waals surface area contributed by atoms with E-state index >= 15 is 0 Å². The van der Waals surface area contributed by atoms with Crippen molar-refractivity contribution in [1.29, 1.82) is 0 Å². The largest absolute Gasteiger partial charge is 0.338 e. The Hall–Kier alpha value is -1.50. The van der Waals surface area contributed by atoms with Crippen LogP contribution in [0.4, 0.5) is 4.79 Å². The molecule has 3 fully saturated rings. The first-order chi connectivity index (χ1) is 6.30. The monoisotopic (exact) mass is 180 g/mol. The molecule has 2 amide bonds. The molecule has 13 heavy (non-hydrogen) atoms. The number of nitrogens with one attached hydrogen (secondary N) is 2. The smallest absolute Gasteiger partial charge is 0.324 e. The molecule has 0 aromatic heterocycles. The minimum Gasteiger partial charge on any atom is -0.338 e. The topological polar surface area (TPSA) is 72.9 Å². The first-order valence-electron chi connectivity index (χ1n) is 4.34. The number of carbonyl (C=O) groups excluding carboxylic acids is 1. The van der Waals surface area contributed by atoms with Gasteiger partial charge in [0.2, 0.25) is 0 Å². The zero-order chi connectivity index (χ0) is 8.79. The fourth-order valence-corrected chi connectivity index (χ4v) is 2.27. The highest BCUT2D eigenvalue weighted by atomic mass is 16.2. The summed E-state index contributed by atoms with van der Waals surface area (Å²) in [7, 11) is 0. The van der Waals surface area contributed by atoms with Crippen LogP contribution in [-0.4, -0.2) is 45.4 Å². The Labute approximate surface area is 73.9 Å². The average molecular weight is 180 g/mol. The molecule has 3 saturated heterocycles. The van der Waals surface area contributed by atoms with Crippen molar-refractivity contribution < 1.29 is 4.79 Å². The first-order valence-corrected chi connectivity index (χ1v) is 4.34. The van der Waals surface area contributed by atoms with Crippen LogP contribution in [0.3, 0.4) is 0 Å². The summed E-state index contributed by atoms with van der Waals surface area (Å²) in [4.78, 5) is 13.3. The summed E-state index contributed by atoms with van der Waals surface area (Å²) in [6, 6.07) is -0.0244. The molecule has 4 aliphatic rings. The van der Waals surface area contributed by atoms with Crippen LogP contribution in [0, 0.1) is 0 Å². The second-order valence-corrected chi connectivity index (χ2v) is 3.46. The van der Waals surface area contributed by atoms with E-state index in [1.807, 2.05) is 16.9 Å². The zero-order valence-electron chi connectivity index (χ0n) is 6.98. The van der Waals surface area contributed by atoms with Gasteiger partial charge in [-0.25, -0.2) is 19.7 Å². The number of hydrazine groups is 1. The molecule has 2 N–H and O–H groups in total. The summed E-state index contributed by atoms with van der Waals surface area (Å²) in [6.45, 7) is 2.57. The predicted octanol–water partition coefficient (Wildman–Crippen LogP) is -1.57. The number of hydrogen-bond donors (Lipinski definition) is 2. The molecular formula is C6H8N6O. The number of urea groups is 1. The second kappa shape index (κ2) is 1.35. The van der Waals surface area contributed by atoms with E-state index in [2.05, 4.69) is 15.8 Å². The van der Waals surface area contributed by atoms with Gasteiger partial charge in [0.1, 0.15) is 0 Å². The lowest BCUT2D eigenvalue weighted by atomic mass is 10.2. The zero-order valence-corrected chi connectivity index (χ0v) is 6.98. The van der Waals surface area contributed by atoms with Gasteiger partial charge in [0.15, 0.2) is 12.0 Å². The van der Waals surface area contributed by atoms with Crippen molar-refractivity contribution in [2.45, 2.75) is 19.0 Å². The minimum atomic E-state index is -0.390. The molecule has 0 aliphatic carbocycles. The third kappa shape index (κ3) is 0.351. The third-order valence-electron chi connectivity index (χ3n) is 2.87. The van der Waals surface area contributed by atoms with Crippen LogP contribution in [0.2, 0.25) is 0 Å². The Bertz CT molecular complexity index is 362. The van der Waals surface area contributed by atoms with E-state index in [1.54, 1.807) is 4.90 Å². The van der Waals surface area contributed by atoms with Crippen molar-refractivity contribution in [3.8, 4) is 0 Å². The van der Waals surface area contributed by atoms with Crippen molar-refractivity contribution in [3.63, 3.8) is 0 Å². The number of fused-ring (bicyclic) bond motifs is 1. The highest BCUT2D eigenvalue weighted by molar-refractivity contribution is 6.03. The quantitative estimate of drug-likeness (QED) is 0.478.